The van der Waals surface area contributed by atoms with Crippen molar-refractivity contribution in [3.05, 3.63) is 70.1 Å². The Balaban J connectivity index is 1.46. The van der Waals surface area contributed by atoms with E-state index in [1.807, 2.05) is 19.1 Å². The number of nitrogens with zero attached hydrogens (tertiary/aromatic N) is 2. The molecule has 0 aliphatic carbocycles. The summed E-state index contributed by atoms with van der Waals surface area (Å²) < 4.78 is 12.0. The number of furan rings is 1. The maximum absolute atomic E-state index is 12.4. The summed E-state index contributed by atoms with van der Waals surface area (Å²) in [4.78, 5) is 25.5. The smallest absolute Gasteiger partial charge is 0.348 e. The third-order valence-electron chi connectivity index (χ3n) is 4.17. The van der Waals surface area contributed by atoms with Gasteiger partial charge in [-0.25, -0.2) is 9.48 Å². The number of rotatable bonds is 6. The number of fused-ring (bicyclic) bond motifs is 1. The molecule has 1 N–H and O–H groups in total. The molecule has 4 rings (SSSR count). The number of hydrogen-bond donors (Lipinski definition) is 1. The number of carbonyl (C=O) groups is 2. The molecule has 3 aromatic heterocycles. The molecule has 29 heavy (non-hydrogen) atoms. The highest BCUT2D eigenvalue weighted by atomic mass is 35.5. The second-order valence-corrected chi connectivity index (χ2v) is 7.71. The molecular weight excluding hydrogens is 414 g/mol. The Morgan fingerprint density at radius 1 is 1.28 bits per heavy atom. The zero-order valence-corrected chi connectivity index (χ0v) is 16.9. The van der Waals surface area contributed by atoms with Crippen LogP contribution in [0.15, 0.2) is 53.1 Å². The second-order valence-electron chi connectivity index (χ2n) is 6.24. The van der Waals surface area contributed by atoms with Crippen molar-refractivity contribution in [1.29, 1.82) is 0 Å². The quantitative estimate of drug-likeness (QED) is 0.466. The number of aryl methyl sites for hydroxylation is 1. The average molecular weight is 430 g/mol. The first kappa shape index (κ1) is 19.2. The number of carbonyl (C=O) groups excluding carboxylic acids is 2. The number of amides is 1. The summed E-state index contributed by atoms with van der Waals surface area (Å²) in [6.45, 7) is 1.74. The lowest BCUT2D eigenvalue weighted by Gasteiger charge is -2.04. The minimum absolute atomic E-state index is 0.237. The van der Waals surface area contributed by atoms with E-state index < -0.39 is 11.9 Å². The van der Waals surface area contributed by atoms with Gasteiger partial charge in [0, 0.05) is 10.4 Å². The van der Waals surface area contributed by atoms with Gasteiger partial charge >= 0.3 is 5.97 Å². The van der Waals surface area contributed by atoms with E-state index in [4.69, 9.17) is 20.8 Å². The lowest BCUT2D eigenvalue weighted by molar-refractivity contribution is -0.124. The third kappa shape index (κ3) is 4.18. The predicted molar refractivity (Wildman–Crippen MR) is 110 cm³/mol. The van der Waals surface area contributed by atoms with Crippen molar-refractivity contribution >= 4 is 45.0 Å². The Labute approximate surface area is 174 Å². The number of thiophene rings is 1. The first-order valence-electron chi connectivity index (χ1n) is 8.72. The van der Waals surface area contributed by atoms with Gasteiger partial charge in [-0.3, -0.25) is 4.79 Å². The van der Waals surface area contributed by atoms with Gasteiger partial charge in [-0.2, -0.15) is 5.10 Å². The van der Waals surface area contributed by atoms with Crippen molar-refractivity contribution in [2.24, 2.45) is 0 Å². The van der Waals surface area contributed by atoms with Gasteiger partial charge in [0.15, 0.2) is 6.61 Å². The van der Waals surface area contributed by atoms with Gasteiger partial charge < -0.3 is 14.5 Å². The van der Waals surface area contributed by atoms with Crippen LogP contribution in [0, 0.1) is 6.92 Å². The van der Waals surface area contributed by atoms with E-state index in [1.54, 1.807) is 35.0 Å². The molecule has 0 spiro atoms. The number of hydrogen-bond acceptors (Lipinski definition) is 6. The zero-order chi connectivity index (χ0) is 20.4. The molecule has 0 saturated carbocycles. The molecule has 4 aromatic rings. The normalized spacial score (nSPS) is 11.0. The number of benzene rings is 1. The molecule has 148 valence electrons. The van der Waals surface area contributed by atoms with Crippen LogP contribution in [0.1, 0.15) is 21.1 Å². The van der Waals surface area contributed by atoms with Crippen LogP contribution in [-0.2, 0) is 16.1 Å². The highest BCUT2D eigenvalue weighted by molar-refractivity contribution is 7.20. The fourth-order valence-corrected chi connectivity index (χ4v) is 4.04. The van der Waals surface area contributed by atoms with Gasteiger partial charge in [-0.15, -0.1) is 11.3 Å². The molecule has 7 nitrogen and oxygen atoms in total. The predicted octanol–water partition coefficient (Wildman–Crippen LogP) is 4.12. The first-order valence-corrected chi connectivity index (χ1v) is 9.92. The Morgan fingerprint density at radius 3 is 2.90 bits per heavy atom. The first-order chi connectivity index (χ1) is 14.0. The Kier molecular flexibility index (Phi) is 5.37. The summed E-state index contributed by atoms with van der Waals surface area (Å²) in [6, 6.07) is 12.5. The summed E-state index contributed by atoms with van der Waals surface area (Å²) in [5.41, 5.74) is 1.58. The van der Waals surface area contributed by atoms with Gasteiger partial charge in [-0.05, 0) is 43.3 Å². The molecule has 0 atom stereocenters. The number of esters is 1. The molecule has 0 bridgehead atoms. The molecule has 0 radical (unpaired) electrons. The van der Waals surface area contributed by atoms with Crippen molar-refractivity contribution in [3.8, 4) is 5.69 Å². The van der Waals surface area contributed by atoms with Gasteiger partial charge in [0.25, 0.3) is 5.91 Å². The average Bonchev–Trinajstić information content (AvgIpc) is 3.43. The molecule has 0 aliphatic rings. The minimum atomic E-state index is -0.559. The Morgan fingerprint density at radius 2 is 2.14 bits per heavy atom. The molecule has 0 unspecified atom stereocenters. The van der Waals surface area contributed by atoms with Crippen molar-refractivity contribution in [1.82, 2.24) is 15.1 Å². The van der Waals surface area contributed by atoms with Crippen LogP contribution in [0.4, 0.5) is 0 Å². The topological polar surface area (TPSA) is 86.4 Å². The summed E-state index contributed by atoms with van der Waals surface area (Å²) in [5.74, 6) is -0.344. The van der Waals surface area contributed by atoms with Crippen LogP contribution in [0.3, 0.4) is 0 Å². The summed E-state index contributed by atoms with van der Waals surface area (Å²) in [5, 5.41) is 8.60. The molecule has 3 heterocycles. The maximum atomic E-state index is 12.4. The standard InChI is InChI=1S/C20H16ClN3O4S/c1-12-16-9-17(20(26)28-11-18(25)22-10-15-6-3-7-27-15)29-19(16)24(23-12)14-5-2-4-13(21)8-14/h2-9H,10-11H2,1H3,(H,22,25). The lowest BCUT2D eigenvalue weighted by atomic mass is 10.3. The maximum Gasteiger partial charge on any atom is 0.348 e. The van der Waals surface area contributed by atoms with E-state index in [0.717, 1.165) is 21.6 Å². The molecule has 0 saturated heterocycles. The summed E-state index contributed by atoms with van der Waals surface area (Å²) in [6.07, 6.45) is 1.52. The highest BCUT2D eigenvalue weighted by Gasteiger charge is 2.19. The summed E-state index contributed by atoms with van der Waals surface area (Å²) >= 11 is 7.33. The lowest BCUT2D eigenvalue weighted by Crippen LogP contribution is -2.28. The van der Waals surface area contributed by atoms with Gasteiger partial charge in [0.05, 0.1) is 24.2 Å². The van der Waals surface area contributed by atoms with Gasteiger partial charge in [0.1, 0.15) is 15.5 Å². The van der Waals surface area contributed by atoms with Crippen molar-refractivity contribution in [3.63, 3.8) is 0 Å². The Bertz CT molecular complexity index is 1180. The van der Waals surface area contributed by atoms with Crippen LogP contribution in [0.2, 0.25) is 5.02 Å². The van der Waals surface area contributed by atoms with Crippen LogP contribution in [0.5, 0.6) is 0 Å². The Hall–Kier alpha value is -3.10. The molecule has 0 aliphatic heterocycles. The van der Waals surface area contributed by atoms with E-state index in [1.165, 1.54) is 17.6 Å². The van der Waals surface area contributed by atoms with Crippen molar-refractivity contribution < 1.29 is 18.7 Å². The SMILES string of the molecule is Cc1nn(-c2cccc(Cl)c2)c2sc(C(=O)OCC(=O)NCc3ccco3)cc12. The van der Waals surface area contributed by atoms with Crippen molar-refractivity contribution in [2.75, 3.05) is 6.61 Å². The van der Waals surface area contributed by atoms with Crippen LogP contribution in [-0.4, -0.2) is 28.3 Å². The monoisotopic (exact) mass is 429 g/mol. The molecule has 1 aromatic carbocycles. The summed E-state index contributed by atoms with van der Waals surface area (Å²) in [7, 11) is 0. The van der Waals surface area contributed by atoms with E-state index in [0.29, 0.717) is 15.7 Å². The molecule has 1 amide bonds. The second kappa shape index (κ2) is 8.10. The number of halogens is 1. The van der Waals surface area contributed by atoms with Crippen molar-refractivity contribution in [2.45, 2.75) is 13.5 Å². The van der Waals surface area contributed by atoms with Crippen LogP contribution in [0.25, 0.3) is 15.9 Å². The number of ether oxygens (including phenoxy) is 1. The number of nitrogens with one attached hydrogen (secondary N) is 1. The molecule has 9 heteroatoms. The zero-order valence-electron chi connectivity index (χ0n) is 15.3. The fourth-order valence-electron chi connectivity index (χ4n) is 2.78. The van der Waals surface area contributed by atoms with Gasteiger partial charge in [0.2, 0.25) is 0 Å². The van der Waals surface area contributed by atoms with E-state index >= 15 is 0 Å². The minimum Gasteiger partial charge on any atom is -0.467 e. The van der Waals surface area contributed by atoms with Crippen LogP contribution >= 0.6 is 22.9 Å². The largest absolute Gasteiger partial charge is 0.467 e. The third-order valence-corrected chi connectivity index (χ3v) is 5.50. The highest BCUT2D eigenvalue weighted by Crippen LogP contribution is 2.31. The van der Waals surface area contributed by atoms with E-state index in [2.05, 4.69) is 10.4 Å². The van der Waals surface area contributed by atoms with E-state index in [-0.39, 0.29) is 13.2 Å². The van der Waals surface area contributed by atoms with Gasteiger partial charge in [-0.1, -0.05) is 17.7 Å². The fraction of sp³-hybridized carbons (Fsp3) is 0.150. The van der Waals surface area contributed by atoms with E-state index in [9.17, 15) is 9.59 Å². The molecular formula is C20H16ClN3O4S. The molecule has 0 fully saturated rings. The number of aromatic nitrogens is 2. The van der Waals surface area contributed by atoms with Crippen LogP contribution < -0.4 is 5.32 Å².